The van der Waals surface area contributed by atoms with E-state index in [9.17, 15) is 9.59 Å². The first-order chi connectivity index (χ1) is 12.2. The Morgan fingerprint density at radius 1 is 1.16 bits per heavy atom. The maximum atomic E-state index is 12.9. The number of esters is 1. The summed E-state index contributed by atoms with van der Waals surface area (Å²) >= 11 is 1.73. The highest BCUT2D eigenvalue weighted by atomic mass is 32.2. The second-order valence-electron chi connectivity index (χ2n) is 6.65. The van der Waals surface area contributed by atoms with Gasteiger partial charge in [-0.25, -0.2) is 4.79 Å². The fraction of sp³-hybridized carbons (Fsp3) is 0.500. The summed E-state index contributed by atoms with van der Waals surface area (Å²) in [5.74, 6) is 0.688. The molecule has 2 unspecified atom stereocenters. The van der Waals surface area contributed by atoms with Gasteiger partial charge < -0.3 is 9.64 Å². The summed E-state index contributed by atoms with van der Waals surface area (Å²) in [5, 5.41) is 0.0809. The number of hydrogen-bond donors (Lipinski definition) is 0. The highest BCUT2D eigenvalue weighted by Gasteiger charge is 2.44. The van der Waals surface area contributed by atoms with Crippen LogP contribution in [0.15, 0.2) is 36.4 Å². The number of hydrogen-bond acceptors (Lipinski definition) is 4. The molecule has 0 N–H and O–H groups in total. The standard InChI is InChI=1S/C20H25NO3S/c1-24-20(23)17-14-25-19(16-10-6-3-7-11-16)21(17)18(22)13-12-15-8-4-2-5-9-15/h2,4-5,8-9,12-13,16-17,19H,3,6-7,10-11,14H2,1H3/b13-12+. The molecule has 2 atom stereocenters. The number of amides is 1. The number of nitrogens with zero attached hydrogens (tertiary/aromatic N) is 1. The van der Waals surface area contributed by atoms with Crippen molar-refractivity contribution in [1.29, 1.82) is 0 Å². The molecule has 1 aliphatic heterocycles. The lowest BCUT2D eigenvalue weighted by molar-refractivity contribution is -0.150. The van der Waals surface area contributed by atoms with Gasteiger partial charge in [-0.05, 0) is 30.4 Å². The minimum Gasteiger partial charge on any atom is -0.467 e. The largest absolute Gasteiger partial charge is 0.467 e. The Kier molecular flexibility index (Phi) is 6.19. The zero-order valence-electron chi connectivity index (χ0n) is 14.6. The molecule has 0 bridgehead atoms. The quantitative estimate of drug-likeness (QED) is 0.607. The van der Waals surface area contributed by atoms with Gasteiger partial charge in [0.15, 0.2) is 0 Å². The number of rotatable bonds is 4. The second kappa shape index (κ2) is 8.56. The van der Waals surface area contributed by atoms with Crippen LogP contribution in [0.1, 0.15) is 37.7 Å². The monoisotopic (exact) mass is 359 g/mol. The van der Waals surface area contributed by atoms with Gasteiger partial charge in [-0.2, -0.15) is 0 Å². The number of methoxy groups -OCH3 is 1. The molecular formula is C20H25NO3S. The van der Waals surface area contributed by atoms with Crippen LogP contribution in [0, 0.1) is 5.92 Å². The summed E-state index contributed by atoms with van der Waals surface area (Å²) in [6.07, 6.45) is 9.38. The van der Waals surface area contributed by atoms with Crippen LogP contribution in [0.2, 0.25) is 0 Å². The molecule has 1 heterocycles. The van der Waals surface area contributed by atoms with Crippen LogP contribution >= 0.6 is 11.8 Å². The van der Waals surface area contributed by atoms with Crippen molar-refractivity contribution in [3.63, 3.8) is 0 Å². The van der Waals surface area contributed by atoms with Crippen LogP contribution in [-0.2, 0) is 14.3 Å². The molecule has 2 fully saturated rings. The first kappa shape index (κ1) is 18.1. The van der Waals surface area contributed by atoms with Gasteiger partial charge in [0.2, 0.25) is 5.91 Å². The molecule has 1 aromatic carbocycles. The number of carbonyl (C=O) groups excluding carboxylic acids is 2. The third kappa shape index (κ3) is 4.27. The highest BCUT2D eigenvalue weighted by molar-refractivity contribution is 8.00. The number of carbonyl (C=O) groups is 2. The van der Waals surface area contributed by atoms with Gasteiger partial charge in [-0.1, -0.05) is 49.6 Å². The number of ether oxygens (including phenoxy) is 1. The van der Waals surface area contributed by atoms with Crippen LogP contribution < -0.4 is 0 Å². The van der Waals surface area contributed by atoms with E-state index >= 15 is 0 Å². The molecular weight excluding hydrogens is 334 g/mol. The van der Waals surface area contributed by atoms with E-state index in [1.54, 1.807) is 22.7 Å². The summed E-state index contributed by atoms with van der Waals surface area (Å²) in [6.45, 7) is 0. The number of benzene rings is 1. The minimum atomic E-state index is -0.477. The Hall–Kier alpha value is -1.75. The zero-order chi connectivity index (χ0) is 17.6. The summed E-state index contributed by atoms with van der Waals surface area (Å²) in [6, 6.07) is 9.27. The molecule has 3 rings (SSSR count). The molecule has 1 saturated heterocycles. The maximum Gasteiger partial charge on any atom is 0.329 e. The molecule has 1 amide bonds. The van der Waals surface area contributed by atoms with Crippen LogP contribution in [0.4, 0.5) is 0 Å². The summed E-state index contributed by atoms with van der Waals surface area (Å²) in [7, 11) is 1.39. The van der Waals surface area contributed by atoms with Crippen molar-refractivity contribution in [2.45, 2.75) is 43.5 Å². The molecule has 0 aromatic heterocycles. The fourth-order valence-electron chi connectivity index (χ4n) is 3.72. The minimum absolute atomic E-state index is 0.0809. The van der Waals surface area contributed by atoms with E-state index in [4.69, 9.17) is 4.74 Å². The molecule has 5 heteroatoms. The van der Waals surface area contributed by atoms with Crippen molar-refractivity contribution in [3.05, 3.63) is 42.0 Å². The van der Waals surface area contributed by atoms with Crippen LogP contribution in [0.3, 0.4) is 0 Å². The Labute approximate surface area is 153 Å². The van der Waals surface area contributed by atoms with Crippen molar-refractivity contribution < 1.29 is 14.3 Å². The van der Waals surface area contributed by atoms with E-state index in [0.717, 1.165) is 18.4 Å². The summed E-state index contributed by atoms with van der Waals surface area (Å²) in [5.41, 5.74) is 0.978. The molecule has 0 spiro atoms. The zero-order valence-corrected chi connectivity index (χ0v) is 15.4. The van der Waals surface area contributed by atoms with Gasteiger partial charge in [0, 0.05) is 11.8 Å². The smallest absolute Gasteiger partial charge is 0.329 e. The Morgan fingerprint density at radius 2 is 1.88 bits per heavy atom. The van der Waals surface area contributed by atoms with Crippen LogP contribution in [0.25, 0.3) is 6.08 Å². The Bertz CT molecular complexity index is 625. The first-order valence-corrected chi connectivity index (χ1v) is 10.0. The fourth-order valence-corrected chi connectivity index (χ4v) is 5.36. The van der Waals surface area contributed by atoms with Crippen molar-refractivity contribution in [2.24, 2.45) is 5.92 Å². The van der Waals surface area contributed by atoms with Gasteiger partial charge in [0.05, 0.1) is 12.5 Å². The van der Waals surface area contributed by atoms with E-state index in [1.807, 2.05) is 36.4 Å². The third-order valence-electron chi connectivity index (χ3n) is 5.03. The third-order valence-corrected chi connectivity index (χ3v) is 6.50. The van der Waals surface area contributed by atoms with Gasteiger partial charge in [-0.3, -0.25) is 4.79 Å². The number of thioether (sulfide) groups is 1. The second-order valence-corrected chi connectivity index (χ2v) is 7.80. The van der Waals surface area contributed by atoms with Gasteiger partial charge in [-0.15, -0.1) is 11.8 Å². The molecule has 2 aliphatic rings. The van der Waals surface area contributed by atoms with E-state index in [-0.39, 0.29) is 17.3 Å². The predicted molar refractivity (Wildman–Crippen MR) is 101 cm³/mol. The van der Waals surface area contributed by atoms with E-state index < -0.39 is 6.04 Å². The van der Waals surface area contributed by atoms with Gasteiger partial charge in [0.25, 0.3) is 0 Å². The van der Waals surface area contributed by atoms with Gasteiger partial charge in [0.1, 0.15) is 6.04 Å². The van der Waals surface area contributed by atoms with Crippen molar-refractivity contribution in [2.75, 3.05) is 12.9 Å². The van der Waals surface area contributed by atoms with Crippen molar-refractivity contribution >= 4 is 29.7 Å². The molecule has 134 valence electrons. The van der Waals surface area contributed by atoms with E-state index in [2.05, 4.69) is 0 Å². The molecule has 0 radical (unpaired) electrons. The SMILES string of the molecule is COC(=O)C1CSC(C2CCCCC2)N1C(=O)/C=C/c1ccccc1. The summed E-state index contributed by atoms with van der Waals surface area (Å²) in [4.78, 5) is 26.9. The first-order valence-electron chi connectivity index (χ1n) is 8.95. The Morgan fingerprint density at radius 3 is 2.56 bits per heavy atom. The van der Waals surface area contributed by atoms with E-state index in [1.165, 1.54) is 26.4 Å². The van der Waals surface area contributed by atoms with Crippen molar-refractivity contribution in [3.8, 4) is 0 Å². The molecule has 25 heavy (non-hydrogen) atoms. The molecule has 1 aliphatic carbocycles. The Balaban J connectivity index is 1.79. The topological polar surface area (TPSA) is 46.6 Å². The predicted octanol–water partition coefficient (Wildman–Crippen LogP) is 3.72. The summed E-state index contributed by atoms with van der Waals surface area (Å²) < 4.78 is 4.94. The van der Waals surface area contributed by atoms with Crippen LogP contribution in [0.5, 0.6) is 0 Å². The average molecular weight is 359 g/mol. The maximum absolute atomic E-state index is 12.9. The lowest BCUT2D eigenvalue weighted by Crippen LogP contribution is -2.47. The van der Waals surface area contributed by atoms with Crippen LogP contribution in [-0.4, -0.2) is 41.1 Å². The molecule has 1 aromatic rings. The average Bonchev–Trinajstić information content (AvgIpc) is 3.12. The lowest BCUT2D eigenvalue weighted by Gasteiger charge is -2.34. The van der Waals surface area contributed by atoms with Gasteiger partial charge >= 0.3 is 5.97 Å². The molecule has 1 saturated carbocycles. The molecule has 4 nitrogen and oxygen atoms in total. The van der Waals surface area contributed by atoms with E-state index in [0.29, 0.717) is 11.7 Å². The lowest BCUT2D eigenvalue weighted by atomic mass is 9.88. The normalized spacial score (nSPS) is 24.6. The van der Waals surface area contributed by atoms with Crippen molar-refractivity contribution in [1.82, 2.24) is 4.90 Å². The highest BCUT2D eigenvalue weighted by Crippen LogP contribution is 2.40.